The number of halogens is 2. The highest BCUT2D eigenvalue weighted by atomic mass is 35.5. The summed E-state index contributed by atoms with van der Waals surface area (Å²) in [4.78, 5) is 8.49. The molecule has 6 aliphatic rings. The van der Waals surface area contributed by atoms with Crippen LogP contribution in [0, 0.1) is 41.0 Å². The van der Waals surface area contributed by atoms with Crippen LogP contribution in [0.4, 0.5) is 15.8 Å². The van der Waals surface area contributed by atoms with Crippen molar-refractivity contribution in [1.29, 1.82) is 5.26 Å². The molecule has 5 fully saturated rings. The summed E-state index contributed by atoms with van der Waals surface area (Å²) < 4.78 is 13.7. The Morgan fingerprint density at radius 3 is 2.51 bits per heavy atom. The first kappa shape index (κ1) is 25.1. The van der Waals surface area contributed by atoms with E-state index in [0.717, 1.165) is 52.7 Å². The smallest absolute Gasteiger partial charge is 0.212 e. The Kier molecular flexibility index (Phi) is 5.97. The average Bonchev–Trinajstić information content (AvgIpc) is 3.70. The third-order valence-electron chi connectivity index (χ3n) is 9.84. The van der Waals surface area contributed by atoms with Crippen molar-refractivity contribution in [2.45, 2.75) is 63.1 Å². The number of rotatable bonds is 7. The van der Waals surface area contributed by atoms with Gasteiger partial charge in [-0.15, -0.1) is 5.53 Å². The first-order valence-corrected chi connectivity index (χ1v) is 15.1. The Morgan fingerprint density at radius 2 is 1.83 bits per heavy atom. The maximum absolute atomic E-state index is 13.7. The molecule has 1 atom stereocenters. The molecule has 9 rings (SSSR count). The van der Waals surface area contributed by atoms with E-state index in [1.165, 1.54) is 38.2 Å². The molecule has 10 heteroatoms. The fraction of sp³-hybridized carbons (Fsp3) is 0.452. The van der Waals surface area contributed by atoms with Crippen LogP contribution in [0.5, 0.6) is 0 Å². The van der Waals surface area contributed by atoms with Crippen LogP contribution < -0.4 is 21.6 Å². The second kappa shape index (κ2) is 9.74. The molecule has 5 saturated carbocycles. The number of benzene rings is 1. The van der Waals surface area contributed by atoms with E-state index >= 15 is 0 Å². The second-order valence-electron chi connectivity index (χ2n) is 12.6. The number of fused-ring (bicyclic) bond motifs is 1. The van der Waals surface area contributed by atoms with Crippen LogP contribution in [0.1, 0.15) is 62.1 Å². The standard InChI is InChI=1S/C31H32ClFN8/c32-25-11-22(37-30(18-1-4-27(33)35-13-18)26-15-41(40-39-26)23-2-3-23)10-24-29(21(12-34)14-36-31(24)25)38-28-19-6-16-5-17(8-19)9-20(28)7-16/h1,4,10-11,13-17,19-20,23,28,30,37,39-40H,2-3,5-9H2,(H,36,38). The molecule has 2 aromatic heterocycles. The van der Waals surface area contributed by atoms with Gasteiger partial charge >= 0.3 is 0 Å². The molecule has 0 saturated heterocycles. The van der Waals surface area contributed by atoms with Crippen molar-refractivity contribution < 1.29 is 4.39 Å². The first-order valence-electron chi connectivity index (χ1n) is 14.7. The van der Waals surface area contributed by atoms with E-state index < -0.39 is 5.95 Å². The van der Waals surface area contributed by atoms with Crippen LogP contribution in [0.2, 0.25) is 5.02 Å². The molecule has 3 heterocycles. The summed E-state index contributed by atoms with van der Waals surface area (Å²) in [6, 6.07) is 9.85. The highest BCUT2D eigenvalue weighted by Gasteiger charge is 2.48. The van der Waals surface area contributed by atoms with Crippen molar-refractivity contribution in [3.8, 4) is 6.07 Å². The fourth-order valence-electron chi connectivity index (χ4n) is 8.02. The Labute approximate surface area is 243 Å². The van der Waals surface area contributed by atoms with E-state index in [-0.39, 0.29) is 6.04 Å². The SMILES string of the molecule is N#Cc1cnc2c(Cl)cc(NC(C3=CN(C4CC4)NN3)c3ccc(F)nc3)cc2c1NC1C2CC3CC(C2)CC1C3. The lowest BCUT2D eigenvalue weighted by molar-refractivity contribution is 0.00757. The van der Waals surface area contributed by atoms with Gasteiger partial charge in [-0.2, -0.15) is 9.65 Å². The number of hydrogen-bond donors (Lipinski definition) is 4. The third-order valence-corrected chi connectivity index (χ3v) is 10.1. The van der Waals surface area contributed by atoms with Gasteiger partial charge in [0, 0.05) is 41.8 Å². The number of nitrogens with zero attached hydrogens (tertiary/aromatic N) is 4. The van der Waals surface area contributed by atoms with E-state index in [9.17, 15) is 9.65 Å². The number of hydrazine groups is 2. The monoisotopic (exact) mass is 570 g/mol. The summed E-state index contributed by atoms with van der Waals surface area (Å²) in [6.45, 7) is 0. The van der Waals surface area contributed by atoms with Crippen LogP contribution in [0.3, 0.4) is 0 Å². The summed E-state index contributed by atoms with van der Waals surface area (Å²) in [5, 5.41) is 21.0. The number of aromatic nitrogens is 2. The minimum atomic E-state index is -0.525. The molecule has 210 valence electrons. The van der Waals surface area contributed by atoms with Crippen molar-refractivity contribution >= 4 is 33.9 Å². The molecule has 0 radical (unpaired) electrons. The molecular weight excluding hydrogens is 539 g/mol. The summed E-state index contributed by atoms with van der Waals surface area (Å²) in [7, 11) is 0. The van der Waals surface area contributed by atoms with Crippen LogP contribution in [0.15, 0.2) is 48.6 Å². The zero-order valence-corrected chi connectivity index (χ0v) is 23.3. The van der Waals surface area contributed by atoms with Crippen molar-refractivity contribution in [1.82, 2.24) is 25.9 Å². The second-order valence-corrected chi connectivity index (χ2v) is 13.0. The maximum Gasteiger partial charge on any atom is 0.212 e. The maximum atomic E-state index is 13.7. The lowest BCUT2D eigenvalue weighted by Crippen LogP contribution is -2.51. The average molecular weight is 571 g/mol. The molecule has 1 unspecified atom stereocenters. The zero-order valence-electron chi connectivity index (χ0n) is 22.6. The quantitative estimate of drug-likeness (QED) is 0.256. The van der Waals surface area contributed by atoms with Gasteiger partial charge in [-0.3, -0.25) is 9.99 Å². The number of anilines is 2. The Hall–Kier alpha value is -3.61. The summed E-state index contributed by atoms with van der Waals surface area (Å²) >= 11 is 6.85. The van der Waals surface area contributed by atoms with Gasteiger partial charge < -0.3 is 16.1 Å². The Bertz CT molecular complexity index is 1550. The molecule has 4 bridgehead atoms. The zero-order chi connectivity index (χ0) is 27.7. The molecule has 8 nitrogen and oxygen atoms in total. The third kappa shape index (κ3) is 4.54. The van der Waals surface area contributed by atoms with Crippen LogP contribution >= 0.6 is 11.6 Å². The highest BCUT2D eigenvalue weighted by molar-refractivity contribution is 6.35. The molecule has 5 aliphatic carbocycles. The topological polar surface area (TPSA) is 101 Å². The highest BCUT2D eigenvalue weighted by Crippen LogP contribution is 2.54. The van der Waals surface area contributed by atoms with E-state index in [0.29, 0.717) is 40.0 Å². The molecule has 1 aromatic carbocycles. The lowest BCUT2D eigenvalue weighted by atomic mass is 9.54. The largest absolute Gasteiger partial charge is 0.380 e. The normalized spacial score (nSPS) is 28.8. The first-order chi connectivity index (χ1) is 20.0. The Morgan fingerprint density at radius 1 is 1.05 bits per heavy atom. The number of hydrogen-bond acceptors (Lipinski definition) is 8. The minimum Gasteiger partial charge on any atom is -0.380 e. The molecule has 0 spiro atoms. The predicted octanol–water partition coefficient (Wildman–Crippen LogP) is 6.01. The summed E-state index contributed by atoms with van der Waals surface area (Å²) in [5.74, 6) is 2.51. The van der Waals surface area contributed by atoms with Crippen molar-refractivity contribution in [3.63, 3.8) is 0 Å². The molecule has 1 aliphatic heterocycles. The molecule has 0 amide bonds. The fourth-order valence-corrected chi connectivity index (χ4v) is 8.28. The number of pyridine rings is 2. The summed E-state index contributed by atoms with van der Waals surface area (Å²) in [6.07, 6.45) is 14.0. The van der Waals surface area contributed by atoms with Gasteiger partial charge in [0.15, 0.2) is 0 Å². The van der Waals surface area contributed by atoms with Gasteiger partial charge in [-0.1, -0.05) is 17.7 Å². The number of nitrogens with one attached hydrogen (secondary N) is 4. The molecule has 41 heavy (non-hydrogen) atoms. The molecule has 4 N–H and O–H groups in total. The van der Waals surface area contributed by atoms with Crippen molar-refractivity contribution in [3.05, 3.63) is 70.7 Å². The van der Waals surface area contributed by atoms with Gasteiger partial charge in [-0.25, -0.2) is 4.98 Å². The van der Waals surface area contributed by atoms with Gasteiger partial charge in [0.2, 0.25) is 5.95 Å². The van der Waals surface area contributed by atoms with Gasteiger partial charge in [0.25, 0.3) is 0 Å². The lowest BCUT2D eigenvalue weighted by Gasteiger charge is -2.54. The molecule has 3 aromatic rings. The number of nitriles is 1. The van der Waals surface area contributed by atoms with Gasteiger partial charge in [0.1, 0.15) is 6.07 Å². The van der Waals surface area contributed by atoms with Crippen molar-refractivity contribution in [2.75, 3.05) is 10.6 Å². The predicted molar refractivity (Wildman–Crippen MR) is 156 cm³/mol. The van der Waals surface area contributed by atoms with Gasteiger partial charge in [-0.05, 0) is 92.4 Å². The molecular formula is C31H32ClFN8. The van der Waals surface area contributed by atoms with E-state index in [1.54, 1.807) is 18.5 Å². The summed E-state index contributed by atoms with van der Waals surface area (Å²) in [5.41, 5.74) is 11.0. The van der Waals surface area contributed by atoms with E-state index in [4.69, 9.17) is 11.6 Å². The van der Waals surface area contributed by atoms with Crippen LogP contribution in [-0.2, 0) is 0 Å². The minimum absolute atomic E-state index is 0.346. The van der Waals surface area contributed by atoms with Crippen LogP contribution in [-0.4, -0.2) is 27.1 Å². The van der Waals surface area contributed by atoms with E-state index in [1.807, 2.05) is 12.1 Å². The Balaban J connectivity index is 1.17. The van der Waals surface area contributed by atoms with Crippen molar-refractivity contribution in [2.24, 2.45) is 23.7 Å². The van der Waals surface area contributed by atoms with Gasteiger partial charge in [0.05, 0.1) is 33.5 Å². The van der Waals surface area contributed by atoms with Crippen LogP contribution in [0.25, 0.3) is 10.9 Å². The van der Waals surface area contributed by atoms with E-state index in [2.05, 4.69) is 48.8 Å².